The second-order valence-electron chi connectivity index (χ2n) is 8.47. The average molecular weight is 367 g/mol. The van der Waals surface area contributed by atoms with Crippen LogP contribution in [0.2, 0.25) is 0 Å². The fourth-order valence-electron chi connectivity index (χ4n) is 4.23. The van der Waals surface area contributed by atoms with Gasteiger partial charge in [-0.15, -0.1) is 0 Å². The third-order valence-electron chi connectivity index (χ3n) is 6.10. The molecule has 0 aromatic heterocycles. The highest BCUT2D eigenvalue weighted by atomic mass is 16.5. The lowest BCUT2D eigenvalue weighted by Crippen LogP contribution is -2.40. The van der Waals surface area contributed by atoms with E-state index in [0.717, 1.165) is 44.5 Å². The van der Waals surface area contributed by atoms with Gasteiger partial charge in [-0.3, -0.25) is 4.99 Å². The minimum Gasteiger partial charge on any atom is -0.385 e. The molecule has 1 saturated heterocycles. The van der Waals surface area contributed by atoms with Crippen molar-refractivity contribution in [2.45, 2.75) is 65.2 Å². The summed E-state index contributed by atoms with van der Waals surface area (Å²) in [7, 11) is 1.80. The van der Waals surface area contributed by atoms with Crippen LogP contribution < -0.4 is 10.6 Å². The monoisotopic (exact) mass is 366 g/mol. The zero-order valence-electron chi connectivity index (χ0n) is 17.5. The summed E-state index contributed by atoms with van der Waals surface area (Å²) in [6.07, 6.45) is 10.4. The minimum atomic E-state index is 0.392. The van der Waals surface area contributed by atoms with Gasteiger partial charge in [-0.2, -0.15) is 0 Å². The Kier molecular flexibility index (Phi) is 9.76. The van der Waals surface area contributed by atoms with Crippen molar-refractivity contribution in [1.82, 2.24) is 15.5 Å². The lowest BCUT2D eigenvalue weighted by Gasteiger charge is -2.40. The largest absolute Gasteiger partial charge is 0.385 e. The minimum absolute atomic E-state index is 0.392. The molecule has 0 spiro atoms. The number of nitrogens with one attached hydrogen (secondary N) is 2. The van der Waals surface area contributed by atoms with E-state index >= 15 is 0 Å². The van der Waals surface area contributed by atoms with E-state index in [1.54, 1.807) is 7.11 Å². The van der Waals surface area contributed by atoms with E-state index in [4.69, 9.17) is 9.73 Å². The van der Waals surface area contributed by atoms with Crippen molar-refractivity contribution in [2.75, 3.05) is 53.0 Å². The molecule has 0 aromatic rings. The van der Waals surface area contributed by atoms with Crippen LogP contribution in [0.25, 0.3) is 0 Å². The molecule has 1 aliphatic heterocycles. The summed E-state index contributed by atoms with van der Waals surface area (Å²) in [6.45, 7) is 12.1. The zero-order valence-corrected chi connectivity index (χ0v) is 17.5. The van der Waals surface area contributed by atoms with Crippen LogP contribution in [0.3, 0.4) is 0 Å². The smallest absolute Gasteiger partial charge is 0.191 e. The van der Waals surface area contributed by atoms with Crippen molar-refractivity contribution in [3.05, 3.63) is 0 Å². The van der Waals surface area contributed by atoms with Gasteiger partial charge in [-0.25, -0.2) is 0 Å². The summed E-state index contributed by atoms with van der Waals surface area (Å²) in [5.41, 5.74) is 0.392. The molecule has 1 aliphatic carbocycles. The Labute approximate surface area is 161 Å². The molecule has 0 bridgehead atoms. The number of hydrogen-bond donors (Lipinski definition) is 2. The Morgan fingerprint density at radius 2 is 2.08 bits per heavy atom. The van der Waals surface area contributed by atoms with Crippen LogP contribution in [-0.4, -0.2) is 63.8 Å². The van der Waals surface area contributed by atoms with Crippen LogP contribution in [-0.2, 0) is 4.74 Å². The number of hydrogen-bond acceptors (Lipinski definition) is 3. The number of likely N-dealkylation sites (tertiary alicyclic amines) is 1. The van der Waals surface area contributed by atoms with Gasteiger partial charge in [0.2, 0.25) is 0 Å². The van der Waals surface area contributed by atoms with E-state index in [1.807, 2.05) is 0 Å². The number of nitrogens with zero attached hydrogens (tertiary/aromatic N) is 2. The number of unbranched alkanes of at least 4 members (excludes halogenated alkanes) is 1. The molecule has 2 N–H and O–H groups in total. The summed E-state index contributed by atoms with van der Waals surface area (Å²) < 4.78 is 5.29. The van der Waals surface area contributed by atoms with Crippen LogP contribution in [0, 0.1) is 11.3 Å². The van der Waals surface area contributed by atoms with Gasteiger partial charge in [0, 0.05) is 39.9 Å². The van der Waals surface area contributed by atoms with E-state index in [-0.39, 0.29) is 0 Å². The Morgan fingerprint density at radius 3 is 2.73 bits per heavy atom. The zero-order chi connectivity index (χ0) is 18.7. The normalized spacial score (nSPS) is 23.5. The summed E-state index contributed by atoms with van der Waals surface area (Å²) in [4.78, 5) is 7.53. The molecule has 2 fully saturated rings. The van der Waals surface area contributed by atoms with Crippen molar-refractivity contribution in [2.24, 2.45) is 16.3 Å². The van der Waals surface area contributed by atoms with Gasteiger partial charge in [-0.05, 0) is 76.3 Å². The molecule has 0 aromatic carbocycles. The average Bonchev–Trinajstić information content (AvgIpc) is 2.60. The highest BCUT2D eigenvalue weighted by Crippen LogP contribution is 2.44. The first kappa shape index (κ1) is 21.5. The van der Waals surface area contributed by atoms with Crippen molar-refractivity contribution in [3.8, 4) is 0 Å². The van der Waals surface area contributed by atoms with Crippen molar-refractivity contribution in [1.29, 1.82) is 0 Å². The maximum absolute atomic E-state index is 5.29. The van der Waals surface area contributed by atoms with E-state index in [2.05, 4.69) is 29.4 Å². The van der Waals surface area contributed by atoms with E-state index < -0.39 is 0 Å². The van der Waals surface area contributed by atoms with Crippen LogP contribution in [0.5, 0.6) is 0 Å². The third kappa shape index (κ3) is 7.43. The van der Waals surface area contributed by atoms with Gasteiger partial charge in [0.25, 0.3) is 0 Å². The highest BCUT2D eigenvalue weighted by molar-refractivity contribution is 5.79. The number of ether oxygens (including phenoxy) is 1. The molecule has 1 saturated carbocycles. The third-order valence-corrected chi connectivity index (χ3v) is 6.10. The van der Waals surface area contributed by atoms with Crippen LogP contribution in [0.1, 0.15) is 65.2 Å². The molecular formula is C21H42N4O. The van der Waals surface area contributed by atoms with Crippen LogP contribution in [0.15, 0.2) is 4.99 Å². The molecule has 0 radical (unpaired) electrons. The quantitative estimate of drug-likeness (QED) is 0.335. The topological polar surface area (TPSA) is 48.9 Å². The Balaban J connectivity index is 1.65. The summed E-state index contributed by atoms with van der Waals surface area (Å²) in [6, 6.07) is 0. The Hall–Kier alpha value is -0.810. The fourth-order valence-corrected chi connectivity index (χ4v) is 4.23. The van der Waals surface area contributed by atoms with Gasteiger partial charge in [0.15, 0.2) is 5.96 Å². The van der Waals surface area contributed by atoms with Crippen molar-refractivity contribution < 1.29 is 4.74 Å². The van der Waals surface area contributed by atoms with Gasteiger partial charge in [-0.1, -0.05) is 13.3 Å². The number of guanidine groups is 1. The first-order chi connectivity index (χ1) is 12.7. The second kappa shape index (κ2) is 11.8. The maximum atomic E-state index is 5.29. The van der Waals surface area contributed by atoms with Crippen LogP contribution >= 0.6 is 0 Å². The first-order valence-corrected chi connectivity index (χ1v) is 10.9. The molecule has 1 unspecified atom stereocenters. The number of rotatable bonds is 11. The van der Waals surface area contributed by atoms with Gasteiger partial charge < -0.3 is 20.3 Å². The van der Waals surface area contributed by atoms with Crippen molar-refractivity contribution >= 4 is 5.96 Å². The molecule has 2 aliphatic rings. The fraction of sp³-hybridized carbons (Fsp3) is 0.952. The predicted octanol–water partition coefficient (Wildman–Crippen LogP) is 3.26. The number of piperidine rings is 1. The standard InChI is InChI=1S/C21H42N4O/c1-4-22-20(24-18-21(10-8-11-21)12-16-26-3)23-13-5-6-14-25-15-7-9-19(2)17-25/h19H,4-18H2,1-3H3,(H2,22,23,24). The second-order valence-corrected chi connectivity index (χ2v) is 8.47. The SMILES string of the molecule is CCNC(=NCC1(CCOC)CCC1)NCCCCN1CCCC(C)C1. The maximum Gasteiger partial charge on any atom is 0.191 e. The summed E-state index contributed by atoms with van der Waals surface area (Å²) in [5.74, 6) is 1.87. The lowest BCUT2D eigenvalue weighted by atomic mass is 9.67. The molecule has 26 heavy (non-hydrogen) atoms. The van der Waals surface area contributed by atoms with Crippen molar-refractivity contribution in [3.63, 3.8) is 0 Å². The van der Waals surface area contributed by atoms with E-state index in [1.165, 1.54) is 64.6 Å². The molecule has 5 nitrogen and oxygen atoms in total. The molecule has 1 atom stereocenters. The highest BCUT2D eigenvalue weighted by Gasteiger charge is 2.36. The molecule has 152 valence electrons. The molecule has 2 rings (SSSR count). The predicted molar refractivity (Wildman–Crippen MR) is 111 cm³/mol. The van der Waals surface area contributed by atoms with E-state index in [9.17, 15) is 0 Å². The Morgan fingerprint density at radius 1 is 1.23 bits per heavy atom. The van der Waals surface area contributed by atoms with Gasteiger partial charge in [0.05, 0.1) is 0 Å². The number of methoxy groups -OCH3 is 1. The summed E-state index contributed by atoms with van der Waals surface area (Å²) >= 11 is 0. The lowest BCUT2D eigenvalue weighted by molar-refractivity contribution is 0.0778. The van der Waals surface area contributed by atoms with E-state index in [0.29, 0.717) is 5.41 Å². The molecule has 0 amide bonds. The number of aliphatic imine (C=N–C) groups is 1. The summed E-state index contributed by atoms with van der Waals surface area (Å²) in [5, 5.41) is 6.94. The molecule has 5 heteroatoms. The van der Waals surface area contributed by atoms with Crippen LogP contribution in [0.4, 0.5) is 0 Å². The molecular weight excluding hydrogens is 324 g/mol. The first-order valence-electron chi connectivity index (χ1n) is 10.9. The van der Waals surface area contributed by atoms with Gasteiger partial charge in [0.1, 0.15) is 0 Å². The van der Waals surface area contributed by atoms with Gasteiger partial charge >= 0.3 is 0 Å². The Bertz CT molecular complexity index is 409. The molecule has 1 heterocycles.